The molecule has 0 amide bonds. The minimum absolute atomic E-state index is 0.0128. The monoisotopic (exact) mass is 368 g/mol. The fourth-order valence-corrected chi connectivity index (χ4v) is 3.32. The highest BCUT2D eigenvalue weighted by Crippen LogP contribution is 2.33. The van der Waals surface area contributed by atoms with Crippen LogP contribution in [0, 0.1) is 12.8 Å². The molecule has 1 aromatic carbocycles. The van der Waals surface area contributed by atoms with Crippen LogP contribution >= 0.6 is 0 Å². The summed E-state index contributed by atoms with van der Waals surface area (Å²) in [7, 11) is 0. The molecule has 0 heterocycles. The van der Waals surface area contributed by atoms with E-state index in [1.807, 2.05) is 6.92 Å². The number of carbonyl (C=O) groups is 2. The molecule has 1 aliphatic rings. The third kappa shape index (κ3) is 4.74. The molecular formula is C20H23F3O3. The minimum atomic E-state index is -4.12. The molecule has 0 unspecified atom stereocenters. The zero-order valence-corrected chi connectivity index (χ0v) is 14.9. The second-order valence-corrected chi connectivity index (χ2v) is 7.01. The summed E-state index contributed by atoms with van der Waals surface area (Å²) in [6.07, 6.45) is -2.86. The van der Waals surface area contributed by atoms with Crippen LogP contribution in [0.1, 0.15) is 66.9 Å². The van der Waals surface area contributed by atoms with Gasteiger partial charge in [-0.3, -0.25) is 9.59 Å². The van der Waals surface area contributed by atoms with E-state index in [9.17, 15) is 27.9 Å². The number of aryl methyl sites for hydroxylation is 1. The molecule has 6 heteroatoms. The lowest BCUT2D eigenvalue weighted by Crippen LogP contribution is -2.26. The Bertz CT molecular complexity index is 732. The number of halogens is 3. The van der Waals surface area contributed by atoms with Crippen LogP contribution < -0.4 is 0 Å². The van der Waals surface area contributed by atoms with Gasteiger partial charge in [0, 0.05) is 23.1 Å². The van der Waals surface area contributed by atoms with Gasteiger partial charge in [0.2, 0.25) is 11.6 Å². The van der Waals surface area contributed by atoms with Crippen molar-refractivity contribution < 1.29 is 27.9 Å². The number of fused-ring (bicyclic) bond motifs is 1. The van der Waals surface area contributed by atoms with Crippen molar-refractivity contribution in [3.8, 4) is 0 Å². The van der Waals surface area contributed by atoms with Crippen LogP contribution in [0.4, 0.5) is 13.2 Å². The number of hydrogen-bond acceptors (Lipinski definition) is 3. The van der Waals surface area contributed by atoms with Gasteiger partial charge in [-0.25, -0.2) is 0 Å². The van der Waals surface area contributed by atoms with E-state index >= 15 is 0 Å². The summed E-state index contributed by atoms with van der Waals surface area (Å²) in [5, 5.41) is 10.5. The van der Waals surface area contributed by atoms with Crippen molar-refractivity contribution in [3.05, 3.63) is 40.5 Å². The number of carbonyl (C=O) groups excluding carboxylic acids is 2. The van der Waals surface area contributed by atoms with Crippen LogP contribution in [-0.4, -0.2) is 22.8 Å². The van der Waals surface area contributed by atoms with E-state index in [1.54, 1.807) is 25.1 Å². The van der Waals surface area contributed by atoms with E-state index in [0.717, 1.165) is 0 Å². The van der Waals surface area contributed by atoms with Gasteiger partial charge in [-0.05, 0) is 31.2 Å². The van der Waals surface area contributed by atoms with Gasteiger partial charge in [-0.1, -0.05) is 44.4 Å². The third-order valence-corrected chi connectivity index (χ3v) is 4.73. The van der Waals surface area contributed by atoms with E-state index in [2.05, 4.69) is 0 Å². The van der Waals surface area contributed by atoms with Gasteiger partial charge >= 0.3 is 6.18 Å². The summed E-state index contributed by atoms with van der Waals surface area (Å²) in [4.78, 5) is 24.7. The Kier molecular flexibility index (Phi) is 6.26. The van der Waals surface area contributed by atoms with Crippen molar-refractivity contribution in [1.29, 1.82) is 0 Å². The standard InChI is InChI=1S/C20H23F3O3/c1-12(7-4-3-5-10-20(21,22)23)11-15-17(24)14-9-6-8-13(2)16(14)19(26)18(15)25/h6,8-9,12,24H,3-5,7,10-11H2,1-2H3/t12-/m1/s1. The number of benzene rings is 1. The molecule has 0 aliphatic heterocycles. The molecule has 0 fully saturated rings. The summed E-state index contributed by atoms with van der Waals surface area (Å²) in [5.41, 5.74) is 1.38. The first-order chi connectivity index (χ1) is 12.1. The summed E-state index contributed by atoms with van der Waals surface area (Å²) in [6.45, 7) is 3.58. The SMILES string of the molecule is Cc1cccc2c1C(=O)C(=O)C(C[C@H](C)CCCCCC(F)(F)F)=C2O. The molecule has 1 aliphatic carbocycles. The molecule has 0 saturated carbocycles. The number of rotatable bonds is 7. The van der Waals surface area contributed by atoms with Crippen molar-refractivity contribution in [3.63, 3.8) is 0 Å². The van der Waals surface area contributed by atoms with Crippen LogP contribution in [0.2, 0.25) is 0 Å². The Morgan fingerprint density at radius 3 is 2.42 bits per heavy atom. The highest BCUT2D eigenvalue weighted by atomic mass is 19.4. The van der Waals surface area contributed by atoms with Crippen LogP contribution in [0.25, 0.3) is 5.76 Å². The number of aliphatic hydroxyl groups is 1. The second kappa shape index (κ2) is 8.06. The van der Waals surface area contributed by atoms with Gasteiger partial charge in [0.15, 0.2) is 0 Å². The van der Waals surface area contributed by atoms with E-state index in [4.69, 9.17) is 0 Å². The Hall–Kier alpha value is -2.11. The van der Waals surface area contributed by atoms with Crippen molar-refractivity contribution in [2.75, 3.05) is 0 Å². The Balaban J connectivity index is 2.01. The van der Waals surface area contributed by atoms with Crippen LogP contribution in [0.5, 0.6) is 0 Å². The Morgan fingerprint density at radius 1 is 1.08 bits per heavy atom. The second-order valence-electron chi connectivity index (χ2n) is 7.01. The maximum atomic E-state index is 12.4. The first-order valence-electron chi connectivity index (χ1n) is 8.79. The van der Waals surface area contributed by atoms with E-state index < -0.39 is 24.2 Å². The van der Waals surface area contributed by atoms with Crippen molar-refractivity contribution in [2.45, 2.75) is 58.5 Å². The van der Waals surface area contributed by atoms with Gasteiger partial charge in [0.1, 0.15) is 5.76 Å². The lowest BCUT2D eigenvalue weighted by Gasteiger charge is -2.21. The lowest BCUT2D eigenvalue weighted by atomic mass is 9.82. The molecule has 0 bridgehead atoms. The highest BCUT2D eigenvalue weighted by molar-refractivity contribution is 6.52. The molecular weight excluding hydrogens is 345 g/mol. The normalized spacial score (nSPS) is 16.0. The number of alkyl halides is 3. The molecule has 1 N–H and O–H groups in total. The molecule has 0 radical (unpaired) electrons. The zero-order valence-electron chi connectivity index (χ0n) is 14.9. The molecule has 2 rings (SSSR count). The smallest absolute Gasteiger partial charge is 0.389 e. The fraction of sp³-hybridized carbons (Fsp3) is 0.500. The average molecular weight is 368 g/mol. The van der Waals surface area contributed by atoms with Crippen LogP contribution in [0.3, 0.4) is 0 Å². The predicted octanol–water partition coefficient (Wildman–Crippen LogP) is 5.57. The summed E-state index contributed by atoms with van der Waals surface area (Å²) < 4.78 is 36.4. The maximum Gasteiger partial charge on any atom is 0.389 e. The van der Waals surface area contributed by atoms with Gasteiger partial charge < -0.3 is 5.11 Å². The molecule has 1 atom stereocenters. The van der Waals surface area contributed by atoms with E-state index in [0.29, 0.717) is 30.4 Å². The van der Waals surface area contributed by atoms with Crippen LogP contribution in [-0.2, 0) is 4.79 Å². The summed E-state index contributed by atoms with van der Waals surface area (Å²) in [6, 6.07) is 5.05. The summed E-state index contributed by atoms with van der Waals surface area (Å²) >= 11 is 0. The molecule has 1 aromatic rings. The third-order valence-electron chi connectivity index (χ3n) is 4.73. The predicted molar refractivity (Wildman–Crippen MR) is 93.0 cm³/mol. The number of allylic oxidation sites excluding steroid dienone is 1. The topological polar surface area (TPSA) is 54.4 Å². The molecule has 26 heavy (non-hydrogen) atoms. The molecule has 0 saturated heterocycles. The quantitative estimate of drug-likeness (QED) is 0.506. The molecule has 3 nitrogen and oxygen atoms in total. The fourth-order valence-electron chi connectivity index (χ4n) is 3.32. The van der Waals surface area contributed by atoms with Crippen molar-refractivity contribution in [1.82, 2.24) is 0 Å². The number of aliphatic hydroxyl groups excluding tert-OH is 1. The highest BCUT2D eigenvalue weighted by Gasteiger charge is 2.34. The number of unbranched alkanes of at least 4 members (excludes halogenated alkanes) is 2. The van der Waals surface area contributed by atoms with Gasteiger partial charge in [0.05, 0.1) is 0 Å². The van der Waals surface area contributed by atoms with Crippen molar-refractivity contribution >= 4 is 17.3 Å². The van der Waals surface area contributed by atoms with Crippen LogP contribution in [0.15, 0.2) is 23.8 Å². The largest absolute Gasteiger partial charge is 0.507 e. The van der Waals surface area contributed by atoms with Gasteiger partial charge in [0.25, 0.3) is 0 Å². The average Bonchev–Trinajstić information content (AvgIpc) is 2.55. The Labute approximate surface area is 150 Å². The number of hydrogen-bond donors (Lipinski definition) is 1. The minimum Gasteiger partial charge on any atom is -0.507 e. The maximum absolute atomic E-state index is 12.4. The lowest BCUT2D eigenvalue weighted by molar-refractivity contribution is -0.135. The van der Waals surface area contributed by atoms with Gasteiger partial charge in [-0.15, -0.1) is 0 Å². The summed E-state index contributed by atoms with van der Waals surface area (Å²) in [5.74, 6) is -1.46. The first kappa shape index (κ1) is 20.2. The van der Waals surface area contributed by atoms with Crippen molar-refractivity contribution in [2.24, 2.45) is 5.92 Å². The molecule has 0 aromatic heterocycles. The van der Waals surface area contributed by atoms with E-state index in [-0.39, 0.29) is 35.7 Å². The molecule has 142 valence electrons. The van der Waals surface area contributed by atoms with Gasteiger partial charge in [-0.2, -0.15) is 13.2 Å². The van der Waals surface area contributed by atoms with E-state index in [1.165, 1.54) is 0 Å². The number of Topliss-reactive ketones (excluding diaryl/α,β-unsaturated/α-hetero) is 2. The number of ketones is 2. The Morgan fingerprint density at radius 2 is 1.77 bits per heavy atom. The first-order valence-corrected chi connectivity index (χ1v) is 8.79. The molecule has 0 spiro atoms. The zero-order chi connectivity index (χ0) is 19.5.